The second kappa shape index (κ2) is 13.1. The highest BCUT2D eigenvalue weighted by molar-refractivity contribution is 5.96. The number of benzene rings is 3. The van der Waals surface area contributed by atoms with Crippen molar-refractivity contribution in [1.29, 1.82) is 0 Å². The highest BCUT2D eigenvalue weighted by Crippen LogP contribution is 2.25. The Hall–Kier alpha value is -3.64. The molecule has 0 aliphatic carbocycles. The second-order valence-corrected chi connectivity index (χ2v) is 10.1. The van der Waals surface area contributed by atoms with E-state index in [4.69, 9.17) is 4.74 Å². The highest BCUT2D eigenvalue weighted by atomic mass is 16.5. The Kier molecular flexibility index (Phi) is 9.86. The molecule has 3 aromatic carbocycles. The third-order valence-electron chi connectivity index (χ3n) is 6.17. The summed E-state index contributed by atoms with van der Waals surface area (Å²) in [6, 6.07) is 18.8. The number of aliphatic carboxylic acids is 1. The van der Waals surface area contributed by atoms with Crippen molar-refractivity contribution in [3.63, 3.8) is 0 Å². The number of carbonyl (C=O) groups is 2. The number of carboxylic acids is 1. The van der Waals surface area contributed by atoms with Crippen LogP contribution in [0.25, 0.3) is 0 Å². The van der Waals surface area contributed by atoms with Gasteiger partial charge in [-0.1, -0.05) is 67.4 Å². The average Bonchev–Trinajstić information content (AvgIpc) is 2.85. The summed E-state index contributed by atoms with van der Waals surface area (Å²) in [5.74, 6) is -0.142. The predicted octanol–water partition coefficient (Wildman–Crippen LogP) is 5.91. The standard InChI is InChI=1S/C31H37NO5/c1-20(2)12-29(26-14-21(3)13-22(4)15-26)32-31(36)28-17-24(8-9-25(28)10-11-30(34)35)19-37-27-7-5-6-23(16-27)18-33/h5-9,13-17,20,29,33H,10-12,18-19H2,1-4H3,(H,32,36)(H,34,35). The number of aliphatic hydroxyl groups excluding tert-OH is 1. The summed E-state index contributed by atoms with van der Waals surface area (Å²) in [7, 11) is 0. The SMILES string of the molecule is Cc1cc(C)cc(C(CC(C)C)NC(=O)c2cc(COc3cccc(CO)c3)ccc2CCC(=O)O)c1. The van der Waals surface area contributed by atoms with Gasteiger partial charge in [-0.3, -0.25) is 9.59 Å². The lowest BCUT2D eigenvalue weighted by molar-refractivity contribution is -0.136. The summed E-state index contributed by atoms with van der Waals surface area (Å²) < 4.78 is 5.90. The molecule has 0 bridgehead atoms. The number of hydrogen-bond acceptors (Lipinski definition) is 4. The zero-order valence-electron chi connectivity index (χ0n) is 22.1. The van der Waals surface area contributed by atoms with E-state index in [2.05, 4.69) is 51.2 Å². The average molecular weight is 504 g/mol. The van der Waals surface area contributed by atoms with E-state index in [1.807, 2.05) is 30.3 Å². The lowest BCUT2D eigenvalue weighted by atomic mass is 9.93. The van der Waals surface area contributed by atoms with Crippen LogP contribution in [0.1, 0.15) is 76.5 Å². The predicted molar refractivity (Wildman–Crippen MR) is 145 cm³/mol. The van der Waals surface area contributed by atoms with E-state index >= 15 is 0 Å². The van der Waals surface area contributed by atoms with Gasteiger partial charge in [0.2, 0.25) is 0 Å². The van der Waals surface area contributed by atoms with E-state index in [9.17, 15) is 19.8 Å². The topological polar surface area (TPSA) is 95.9 Å². The molecule has 6 nitrogen and oxygen atoms in total. The first-order valence-corrected chi connectivity index (χ1v) is 12.7. The minimum absolute atomic E-state index is 0.0590. The van der Waals surface area contributed by atoms with Crippen LogP contribution >= 0.6 is 0 Å². The monoisotopic (exact) mass is 503 g/mol. The Morgan fingerprint density at radius 2 is 1.68 bits per heavy atom. The van der Waals surface area contributed by atoms with Crippen LogP contribution in [-0.2, 0) is 24.4 Å². The lowest BCUT2D eigenvalue weighted by Crippen LogP contribution is -2.30. The molecule has 3 rings (SSSR count). The molecule has 1 unspecified atom stereocenters. The molecule has 0 aliphatic rings. The first-order chi connectivity index (χ1) is 17.6. The van der Waals surface area contributed by atoms with Crippen LogP contribution in [-0.4, -0.2) is 22.1 Å². The Morgan fingerprint density at radius 3 is 2.32 bits per heavy atom. The molecule has 37 heavy (non-hydrogen) atoms. The number of aliphatic hydroxyl groups is 1. The van der Waals surface area contributed by atoms with E-state index in [1.54, 1.807) is 12.1 Å². The first kappa shape index (κ1) is 27.9. The maximum Gasteiger partial charge on any atom is 0.303 e. The number of aryl methyl sites for hydroxylation is 3. The summed E-state index contributed by atoms with van der Waals surface area (Å²) in [6.45, 7) is 8.52. The van der Waals surface area contributed by atoms with Gasteiger partial charge in [-0.15, -0.1) is 0 Å². The quantitative estimate of drug-likeness (QED) is 0.286. The summed E-state index contributed by atoms with van der Waals surface area (Å²) in [4.78, 5) is 24.9. The van der Waals surface area contributed by atoms with Gasteiger partial charge in [0.1, 0.15) is 12.4 Å². The van der Waals surface area contributed by atoms with Crippen LogP contribution in [0.2, 0.25) is 0 Å². The lowest BCUT2D eigenvalue weighted by Gasteiger charge is -2.23. The molecule has 0 saturated carbocycles. The molecule has 0 aliphatic heterocycles. The number of nitrogens with one attached hydrogen (secondary N) is 1. The molecular weight excluding hydrogens is 466 g/mol. The number of carboxylic acid groups (broad SMARTS) is 1. The van der Waals surface area contributed by atoms with Gasteiger partial charge in [0.05, 0.1) is 12.6 Å². The number of carbonyl (C=O) groups excluding carboxylic acids is 1. The molecule has 6 heteroatoms. The van der Waals surface area contributed by atoms with Gasteiger partial charge in [0, 0.05) is 12.0 Å². The van der Waals surface area contributed by atoms with E-state index in [0.717, 1.165) is 34.2 Å². The number of hydrogen-bond donors (Lipinski definition) is 3. The molecule has 0 spiro atoms. The maximum absolute atomic E-state index is 13.6. The molecule has 3 aromatic rings. The molecule has 0 fully saturated rings. The van der Waals surface area contributed by atoms with Gasteiger partial charge in [0.15, 0.2) is 0 Å². The van der Waals surface area contributed by atoms with Crippen LogP contribution in [0.3, 0.4) is 0 Å². The third-order valence-corrected chi connectivity index (χ3v) is 6.17. The molecule has 1 amide bonds. The summed E-state index contributed by atoms with van der Waals surface area (Å²) in [5, 5.41) is 21.8. The highest BCUT2D eigenvalue weighted by Gasteiger charge is 2.20. The van der Waals surface area contributed by atoms with Gasteiger partial charge in [-0.25, -0.2) is 0 Å². The fourth-order valence-electron chi connectivity index (χ4n) is 4.48. The largest absolute Gasteiger partial charge is 0.489 e. The minimum Gasteiger partial charge on any atom is -0.489 e. The van der Waals surface area contributed by atoms with Crippen molar-refractivity contribution >= 4 is 11.9 Å². The van der Waals surface area contributed by atoms with Gasteiger partial charge < -0.3 is 20.3 Å². The van der Waals surface area contributed by atoms with Crippen LogP contribution < -0.4 is 10.1 Å². The van der Waals surface area contributed by atoms with E-state index in [0.29, 0.717) is 22.8 Å². The molecule has 0 heterocycles. The molecular formula is C31H37NO5. The van der Waals surface area contributed by atoms with Gasteiger partial charge in [-0.2, -0.15) is 0 Å². The van der Waals surface area contributed by atoms with Crippen molar-refractivity contribution in [3.8, 4) is 5.75 Å². The van der Waals surface area contributed by atoms with Gasteiger partial charge >= 0.3 is 5.97 Å². The molecule has 3 N–H and O–H groups in total. The number of ether oxygens (including phenoxy) is 1. The summed E-state index contributed by atoms with van der Waals surface area (Å²) in [5.41, 5.74) is 6.05. The molecule has 0 aromatic heterocycles. The van der Waals surface area contributed by atoms with Crippen LogP contribution in [0.15, 0.2) is 60.7 Å². The molecule has 1 atom stereocenters. The zero-order valence-corrected chi connectivity index (χ0v) is 22.1. The Labute approximate surface area is 219 Å². The third kappa shape index (κ3) is 8.46. The van der Waals surface area contributed by atoms with Crippen molar-refractivity contribution in [1.82, 2.24) is 5.32 Å². The van der Waals surface area contributed by atoms with Crippen molar-refractivity contribution in [2.24, 2.45) is 5.92 Å². The first-order valence-electron chi connectivity index (χ1n) is 12.7. The molecule has 0 radical (unpaired) electrons. The number of amides is 1. The smallest absolute Gasteiger partial charge is 0.303 e. The maximum atomic E-state index is 13.6. The summed E-state index contributed by atoms with van der Waals surface area (Å²) in [6.07, 6.45) is 0.982. The van der Waals surface area contributed by atoms with Crippen LogP contribution in [0.5, 0.6) is 5.75 Å². The van der Waals surface area contributed by atoms with Crippen molar-refractivity contribution < 1.29 is 24.5 Å². The zero-order chi connectivity index (χ0) is 26.9. The minimum atomic E-state index is -0.907. The fraction of sp³-hybridized carbons (Fsp3) is 0.355. The fourth-order valence-corrected chi connectivity index (χ4v) is 4.48. The second-order valence-electron chi connectivity index (χ2n) is 10.1. The van der Waals surface area contributed by atoms with Gasteiger partial charge in [0.25, 0.3) is 5.91 Å². The Balaban J connectivity index is 1.88. The van der Waals surface area contributed by atoms with Gasteiger partial charge in [-0.05, 0) is 73.1 Å². The van der Waals surface area contributed by atoms with Crippen LogP contribution in [0, 0.1) is 19.8 Å². The summed E-state index contributed by atoms with van der Waals surface area (Å²) >= 11 is 0. The van der Waals surface area contributed by atoms with E-state index < -0.39 is 5.97 Å². The van der Waals surface area contributed by atoms with Crippen LogP contribution in [0.4, 0.5) is 0 Å². The number of rotatable bonds is 12. The van der Waals surface area contributed by atoms with E-state index in [1.165, 1.54) is 0 Å². The Morgan fingerprint density at radius 1 is 0.946 bits per heavy atom. The Bertz CT molecular complexity index is 1210. The van der Waals surface area contributed by atoms with Crippen molar-refractivity contribution in [2.45, 2.75) is 66.2 Å². The van der Waals surface area contributed by atoms with Crippen molar-refractivity contribution in [3.05, 3.63) is 99.6 Å². The normalized spacial score (nSPS) is 11.8. The van der Waals surface area contributed by atoms with E-state index in [-0.39, 0.29) is 38.0 Å². The molecule has 0 saturated heterocycles. The van der Waals surface area contributed by atoms with Crippen molar-refractivity contribution in [2.75, 3.05) is 0 Å². The molecule has 196 valence electrons.